The molecular weight excluding hydrogens is 152 g/mol. The third-order valence-corrected chi connectivity index (χ3v) is 1.93. The standard InChI is InChI=1S/C9H16N2O/c1-10(2)6-8-7-11(3)5-4-9(8)12/h6H,4-5,7H2,1-3H3/b8-6-. The molecule has 0 spiro atoms. The highest BCUT2D eigenvalue weighted by atomic mass is 16.1. The molecule has 0 aliphatic carbocycles. The molecule has 0 unspecified atom stereocenters. The molecule has 0 aromatic rings. The van der Waals surface area contributed by atoms with Gasteiger partial charge in [0, 0.05) is 45.4 Å². The van der Waals surface area contributed by atoms with Crippen LogP contribution < -0.4 is 0 Å². The predicted molar refractivity (Wildman–Crippen MR) is 48.9 cm³/mol. The highest BCUT2D eigenvalue weighted by Crippen LogP contribution is 2.10. The summed E-state index contributed by atoms with van der Waals surface area (Å²) in [6.07, 6.45) is 2.58. The Labute approximate surface area is 73.6 Å². The van der Waals surface area contributed by atoms with Gasteiger partial charge in [0.25, 0.3) is 0 Å². The molecule has 1 aliphatic rings. The van der Waals surface area contributed by atoms with Gasteiger partial charge < -0.3 is 9.80 Å². The van der Waals surface area contributed by atoms with Crippen LogP contribution in [0, 0.1) is 0 Å². The molecular formula is C9H16N2O. The van der Waals surface area contributed by atoms with E-state index in [1.807, 2.05) is 32.2 Å². The van der Waals surface area contributed by atoms with Crippen LogP contribution in [0.4, 0.5) is 0 Å². The van der Waals surface area contributed by atoms with Crippen LogP contribution in [-0.2, 0) is 4.79 Å². The van der Waals surface area contributed by atoms with Crippen molar-refractivity contribution in [3.05, 3.63) is 11.8 Å². The molecule has 0 radical (unpaired) electrons. The van der Waals surface area contributed by atoms with E-state index in [1.165, 1.54) is 0 Å². The van der Waals surface area contributed by atoms with Crippen LogP contribution in [0.3, 0.4) is 0 Å². The van der Waals surface area contributed by atoms with Crippen molar-refractivity contribution in [2.45, 2.75) is 6.42 Å². The first-order valence-electron chi connectivity index (χ1n) is 4.18. The summed E-state index contributed by atoms with van der Waals surface area (Å²) in [7, 11) is 5.92. The van der Waals surface area contributed by atoms with Crippen LogP contribution in [0.2, 0.25) is 0 Å². The molecule has 3 heteroatoms. The molecule has 1 aliphatic heterocycles. The molecule has 12 heavy (non-hydrogen) atoms. The minimum Gasteiger partial charge on any atom is -0.383 e. The Morgan fingerprint density at radius 1 is 1.50 bits per heavy atom. The molecule has 0 aromatic heterocycles. The predicted octanol–water partition coefficient (Wildman–Crippen LogP) is 0.336. The van der Waals surface area contributed by atoms with Gasteiger partial charge in [-0.15, -0.1) is 0 Å². The smallest absolute Gasteiger partial charge is 0.162 e. The van der Waals surface area contributed by atoms with Gasteiger partial charge in [0.15, 0.2) is 5.78 Å². The minimum absolute atomic E-state index is 0.293. The monoisotopic (exact) mass is 168 g/mol. The van der Waals surface area contributed by atoms with Crippen molar-refractivity contribution in [3.8, 4) is 0 Å². The van der Waals surface area contributed by atoms with Gasteiger partial charge in [-0.3, -0.25) is 4.79 Å². The second-order valence-electron chi connectivity index (χ2n) is 3.53. The van der Waals surface area contributed by atoms with E-state index < -0.39 is 0 Å². The largest absolute Gasteiger partial charge is 0.383 e. The number of rotatable bonds is 1. The van der Waals surface area contributed by atoms with Crippen molar-refractivity contribution in [3.63, 3.8) is 0 Å². The Morgan fingerprint density at radius 2 is 2.17 bits per heavy atom. The highest BCUT2D eigenvalue weighted by Gasteiger charge is 2.18. The Kier molecular flexibility index (Phi) is 2.87. The second kappa shape index (κ2) is 3.72. The topological polar surface area (TPSA) is 23.6 Å². The van der Waals surface area contributed by atoms with Crippen LogP contribution >= 0.6 is 0 Å². The van der Waals surface area contributed by atoms with Gasteiger partial charge in [-0.2, -0.15) is 0 Å². The highest BCUT2D eigenvalue weighted by molar-refractivity contribution is 5.96. The first-order chi connectivity index (χ1) is 5.59. The number of likely N-dealkylation sites (N-methyl/N-ethyl adjacent to an activating group) is 1. The number of hydrogen-bond donors (Lipinski definition) is 0. The van der Waals surface area contributed by atoms with Crippen molar-refractivity contribution >= 4 is 5.78 Å². The summed E-state index contributed by atoms with van der Waals surface area (Å²) >= 11 is 0. The summed E-state index contributed by atoms with van der Waals surface area (Å²) in [6, 6.07) is 0. The van der Waals surface area contributed by atoms with Crippen LogP contribution in [0.15, 0.2) is 11.8 Å². The number of hydrogen-bond acceptors (Lipinski definition) is 3. The third kappa shape index (κ3) is 2.34. The first kappa shape index (κ1) is 9.26. The van der Waals surface area contributed by atoms with Gasteiger partial charge in [0.1, 0.15) is 0 Å². The Hall–Kier alpha value is -0.830. The lowest BCUT2D eigenvalue weighted by Gasteiger charge is -2.24. The number of ketones is 1. The van der Waals surface area contributed by atoms with E-state index in [1.54, 1.807) is 0 Å². The van der Waals surface area contributed by atoms with Crippen LogP contribution in [0.1, 0.15) is 6.42 Å². The average Bonchev–Trinajstić information content (AvgIpc) is 1.96. The zero-order valence-electron chi connectivity index (χ0n) is 8.00. The minimum atomic E-state index is 0.293. The van der Waals surface area contributed by atoms with E-state index in [0.717, 1.165) is 18.7 Å². The SMILES string of the molecule is CN(C)/C=C1/CN(C)CCC1=O. The molecule has 68 valence electrons. The fraction of sp³-hybridized carbons (Fsp3) is 0.667. The van der Waals surface area contributed by atoms with Crippen LogP contribution in [-0.4, -0.2) is 49.8 Å². The fourth-order valence-electron chi connectivity index (χ4n) is 1.34. The molecule has 1 rings (SSSR count). The second-order valence-corrected chi connectivity index (χ2v) is 3.53. The number of carbonyl (C=O) groups excluding carboxylic acids is 1. The molecule has 1 fully saturated rings. The van der Waals surface area contributed by atoms with Crippen molar-refractivity contribution < 1.29 is 4.79 Å². The van der Waals surface area contributed by atoms with Gasteiger partial charge in [0.05, 0.1) is 0 Å². The number of piperidine rings is 1. The summed E-state index contributed by atoms with van der Waals surface area (Å²) in [6.45, 7) is 1.68. The Morgan fingerprint density at radius 3 is 2.75 bits per heavy atom. The normalized spacial score (nSPS) is 23.2. The maximum Gasteiger partial charge on any atom is 0.162 e. The van der Waals surface area contributed by atoms with Gasteiger partial charge in [-0.1, -0.05) is 0 Å². The van der Waals surface area contributed by atoms with Gasteiger partial charge in [-0.25, -0.2) is 0 Å². The summed E-state index contributed by atoms with van der Waals surface area (Å²) in [4.78, 5) is 15.4. The van der Waals surface area contributed by atoms with E-state index in [0.29, 0.717) is 12.2 Å². The van der Waals surface area contributed by atoms with E-state index >= 15 is 0 Å². The van der Waals surface area contributed by atoms with Gasteiger partial charge in [0.2, 0.25) is 0 Å². The number of nitrogens with zero attached hydrogens (tertiary/aromatic N) is 2. The lowest BCUT2D eigenvalue weighted by atomic mass is 10.1. The van der Waals surface area contributed by atoms with Crippen molar-refractivity contribution in [1.82, 2.24) is 9.80 Å². The molecule has 0 aromatic carbocycles. The summed E-state index contributed by atoms with van der Waals surface area (Å²) in [5.41, 5.74) is 0.925. The van der Waals surface area contributed by atoms with Gasteiger partial charge in [-0.05, 0) is 7.05 Å². The summed E-state index contributed by atoms with van der Waals surface area (Å²) in [5.74, 6) is 0.293. The molecule has 0 N–H and O–H groups in total. The molecule has 1 saturated heterocycles. The van der Waals surface area contributed by atoms with Crippen LogP contribution in [0.25, 0.3) is 0 Å². The van der Waals surface area contributed by atoms with Gasteiger partial charge >= 0.3 is 0 Å². The lowest BCUT2D eigenvalue weighted by molar-refractivity contribution is -0.117. The summed E-state index contributed by atoms with van der Waals surface area (Å²) < 4.78 is 0. The van der Waals surface area contributed by atoms with E-state index in [9.17, 15) is 4.79 Å². The van der Waals surface area contributed by atoms with Crippen molar-refractivity contribution in [1.29, 1.82) is 0 Å². The molecule has 3 nitrogen and oxygen atoms in total. The molecule has 0 bridgehead atoms. The zero-order valence-corrected chi connectivity index (χ0v) is 8.00. The maximum absolute atomic E-state index is 11.4. The van der Waals surface area contributed by atoms with E-state index in [-0.39, 0.29) is 0 Å². The molecule has 0 atom stereocenters. The average molecular weight is 168 g/mol. The number of carbonyl (C=O) groups is 1. The van der Waals surface area contributed by atoms with E-state index in [4.69, 9.17) is 0 Å². The maximum atomic E-state index is 11.4. The summed E-state index contributed by atoms with van der Waals surface area (Å²) in [5, 5.41) is 0. The quantitative estimate of drug-likeness (QED) is 0.527. The van der Waals surface area contributed by atoms with Crippen LogP contribution in [0.5, 0.6) is 0 Å². The zero-order chi connectivity index (χ0) is 9.14. The first-order valence-corrected chi connectivity index (χ1v) is 4.18. The number of likely N-dealkylation sites (tertiary alicyclic amines) is 1. The van der Waals surface area contributed by atoms with Crippen molar-refractivity contribution in [2.75, 3.05) is 34.2 Å². The molecule has 0 amide bonds. The molecule has 1 heterocycles. The fourth-order valence-corrected chi connectivity index (χ4v) is 1.34. The Bertz CT molecular complexity index is 209. The van der Waals surface area contributed by atoms with Crippen molar-refractivity contribution in [2.24, 2.45) is 0 Å². The molecule has 0 saturated carbocycles. The number of Topliss-reactive ketones (excluding diaryl/α,β-unsaturated/α-hetero) is 1. The van der Waals surface area contributed by atoms with E-state index in [2.05, 4.69) is 4.90 Å². The third-order valence-electron chi connectivity index (χ3n) is 1.93. The lowest BCUT2D eigenvalue weighted by Crippen LogP contribution is -2.33. The Balaban J connectivity index is 2.67.